The molecule has 0 N–H and O–H groups in total. The van der Waals surface area contributed by atoms with E-state index >= 15 is 0 Å². The summed E-state index contributed by atoms with van der Waals surface area (Å²) < 4.78 is 16.4. The van der Waals surface area contributed by atoms with Gasteiger partial charge in [-0.1, -0.05) is 23.2 Å². The average Bonchev–Trinajstić information content (AvgIpc) is 3.27. The molecular formula is C24H28Cl2N2O5. The van der Waals surface area contributed by atoms with Crippen molar-refractivity contribution in [2.24, 2.45) is 5.92 Å². The maximum atomic E-state index is 13.3. The van der Waals surface area contributed by atoms with Crippen molar-refractivity contribution < 1.29 is 23.8 Å². The van der Waals surface area contributed by atoms with Crippen LogP contribution in [0.25, 0.3) is 0 Å². The van der Waals surface area contributed by atoms with Crippen molar-refractivity contribution in [3.63, 3.8) is 0 Å². The van der Waals surface area contributed by atoms with Gasteiger partial charge in [0.1, 0.15) is 0 Å². The van der Waals surface area contributed by atoms with E-state index in [1.165, 1.54) is 13.2 Å². The van der Waals surface area contributed by atoms with Gasteiger partial charge in [0, 0.05) is 37.6 Å². The molecule has 0 saturated carbocycles. The van der Waals surface area contributed by atoms with Crippen LogP contribution in [0.2, 0.25) is 10.0 Å². The minimum Gasteiger partial charge on any atom is -0.493 e. The summed E-state index contributed by atoms with van der Waals surface area (Å²) in [6.07, 6.45) is 0. The summed E-state index contributed by atoms with van der Waals surface area (Å²) >= 11 is 12.3. The Hall–Kier alpha value is -2.64. The fraction of sp³-hybridized carbons (Fsp3) is 0.417. The van der Waals surface area contributed by atoms with Gasteiger partial charge in [0.2, 0.25) is 11.7 Å². The van der Waals surface area contributed by atoms with Crippen LogP contribution in [0.4, 0.5) is 0 Å². The number of amides is 2. The minimum absolute atomic E-state index is 0.0336. The summed E-state index contributed by atoms with van der Waals surface area (Å²) in [5, 5.41) is 0.725. The third kappa shape index (κ3) is 4.99. The van der Waals surface area contributed by atoms with Gasteiger partial charge >= 0.3 is 0 Å². The molecule has 2 aromatic carbocycles. The predicted octanol–water partition coefficient (Wildman–Crippen LogP) is 4.35. The van der Waals surface area contributed by atoms with E-state index in [4.69, 9.17) is 37.4 Å². The van der Waals surface area contributed by atoms with Crippen LogP contribution in [0.3, 0.4) is 0 Å². The van der Waals surface area contributed by atoms with E-state index in [-0.39, 0.29) is 29.3 Å². The highest BCUT2D eigenvalue weighted by molar-refractivity contribution is 6.36. The number of carbonyl (C=O) groups is 2. The van der Waals surface area contributed by atoms with Crippen molar-refractivity contribution in [1.29, 1.82) is 0 Å². The van der Waals surface area contributed by atoms with E-state index in [1.807, 2.05) is 19.1 Å². The molecule has 1 aliphatic heterocycles. The van der Waals surface area contributed by atoms with Gasteiger partial charge < -0.3 is 24.0 Å². The SMILES string of the molecule is CCN(C)C(=O)[C@H]1CN(C(=O)c2ccc(Cl)cc2Cl)C[C@H]1c1cc(OC)c(OC)c(OC)c1. The molecule has 0 aromatic heterocycles. The maximum Gasteiger partial charge on any atom is 0.255 e. The van der Waals surface area contributed by atoms with Gasteiger partial charge in [0.05, 0.1) is 37.8 Å². The predicted molar refractivity (Wildman–Crippen MR) is 128 cm³/mol. The zero-order valence-corrected chi connectivity index (χ0v) is 20.9. The summed E-state index contributed by atoms with van der Waals surface area (Å²) in [5.41, 5.74) is 1.17. The normalized spacial score (nSPS) is 17.6. The second kappa shape index (κ2) is 10.5. The van der Waals surface area contributed by atoms with Crippen LogP contribution in [0.5, 0.6) is 17.2 Å². The molecule has 0 unspecified atom stereocenters. The molecule has 2 amide bonds. The summed E-state index contributed by atoms with van der Waals surface area (Å²) in [5.74, 6) is 0.469. The number of rotatable bonds is 7. The number of hydrogen-bond donors (Lipinski definition) is 0. The Bertz CT molecular complexity index is 1020. The Kier molecular flexibility index (Phi) is 7.97. The molecule has 1 saturated heterocycles. The molecule has 1 heterocycles. The van der Waals surface area contributed by atoms with Crippen molar-refractivity contribution in [3.05, 3.63) is 51.5 Å². The largest absolute Gasteiger partial charge is 0.493 e. The lowest BCUT2D eigenvalue weighted by molar-refractivity contribution is -0.133. The summed E-state index contributed by atoms with van der Waals surface area (Å²) in [7, 11) is 6.38. The lowest BCUT2D eigenvalue weighted by atomic mass is 9.87. The molecule has 7 nitrogen and oxygen atoms in total. The zero-order chi connectivity index (χ0) is 24.3. The van der Waals surface area contributed by atoms with Gasteiger partial charge in [-0.3, -0.25) is 9.59 Å². The van der Waals surface area contributed by atoms with Gasteiger partial charge in [0.15, 0.2) is 11.5 Å². The van der Waals surface area contributed by atoms with Gasteiger partial charge in [-0.25, -0.2) is 0 Å². The van der Waals surface area contributed by atoms with Crippen molar-refractivity contribution in [1.82, 2.24) is 9.80 Å². The Balaban J connectivity index is 2.03. The van der Waals surface area contributed by atoms with Crippen LogP contribution in [0.1, 0.15) is 28.8 Å². The molecule has 0 bridgehead atoms. The second-order valence-corrected chi connectivity index (χ2v) is 8.70. The monoisotopic (exact) mass is 494 g/mol. The number of halogens is 2. The van der Waals surface area contributed by atoms with Gasteiger partial charge in [-0.2, -0.15) is 0 Å². The second-order valence-electron chi connectivity index (χ2n) is 7.86. The molecule has 33 heavy (non-hydrogen) atoms. The van der Waals surface area contributed by atoms with Gasteiger partial charge in [-0.05, 0) is 42.8 Å². The molecule has 0 radical (unpaired) electrons. The molecule has 2 aromatic rings. The molecule has 0 aliphatic carbocycles. The third-order valence-corrected chi connectivity index (χ3v) is 6.60. The molecule has 3 rings (SSSR count). The number of carbonyl (C=O) groups excluding carboxylic acids is 2. The Morgan fingerprint density at radius 1 is 1.03 bits per heavy atom. The van der Waals surface area contributed by atoms with Crippen LogP contribution in [0, 0.1) is 5.92 Å². The average molecular weight is 495 g/mol. The quantitative estimate of drug-likeness (QED) is 0.572. The van der Waals surface area contributed by atoms with E-state index in [9.17, 15) is 9.59 Å². The third-order valence-electron chi connectivity index (χ3n) is 6.05. The minimum atomic E-state index is -0.437. The first kappa shape index (κ1) is 25.0. The standard InChI is InChI=1S/C24H28Cl2N2O5/c1-6-27(2)23(29)18-13-28(24(30)16-8-7-15(25)11-19(16)26)12-17(18)14-9-20(31-3)22(33-5)21(10-14)32-4/h7-11,17-18H,6,12-13H2,1-5H3/t17-,18-/m0/s1. The summed E-state index contributed by atoms with van der Waals surface area (Å²) in [6, 6.07) is 8.44. The molecule has 9 heteroatoms. The summed E-state index contributed by atoms with van der Waals surface area (Å²) in [6.45, 7) is 3.08. The van der Waals surface area contributed by atoms with Gasteiger partial charge in [-0.15, -0.1) is 0 Å². The van der Waals surface area contributed by atoms with Gasteiger partial charge in [0.25, 0.3) is 5.91 Å². The highest BCUT2D eigenvalue weighted by atomic mass is 35.5. The molecule has 1 aliphatic rings. The van der Waals surface area contributed by atoms with E-state index < -0.39 is 5.92 Å². The zero-order valence-electron chi connectivity index (χ0n) is 19.4. The smallest absolute Gasteiger partial charge is 0.255 e. The van der Waals surface area contributed by atoms with Crippen LogP contribution in [-0.4, -0.2) is 69.6 Å². The summed E-state index contributed by atoms with van der Waals surface area (Å²) in [4.78, 5) is 29.9. The fourth-order valence-electron chi connectivity index (χ4n) is 4.15. The maximum absolute atomic E-state index is 13.3. The topological polar surface area (TPSA) is 68.3 Å². The first-order valence-corrected chi connectivity index (χ1v) is 11.3. The van der Waals surface area contributed by atoms with Crippen molar-refractivity contribution in [3.8, 4) is 17.2 Å². The molecule has 0 spiro atoms. The van der Waals surface area contributed by atoms with Crippen molar-refractivity contribution in [2.45, 2.75) is 12.8 Å². The van der Waals surface area contributed by atoms with Crippen LogP contribution in [0.15, 0.2) is 30.3 Å². The number of likely N-dealkylation sites (tertiary alicyclic amines) is 1. The van der Waals surface area contributed by atoms with E-state index in [0.717, 1.165) is 5.56 Å². The molecule has 2 atom stereocenters. The number of benzene rings is 2. The molecule has 1 fully saturated rings. The van der Waals surface area contributed by atoms with Crippen LogP contribution < -0.4 is 14.2 Å². The number of hydrogen-bond acceptors (Lipinski definition) is 5. The first-order chi connectivity index (χ1) is 15.7. The van der Waals surface area contributed by atoms with Crippen molar-refractivity contribution in [2.75, 3.05) is 48.0 Å². The lowest BCUT2D eigenvalue weighted by Gasteiger charge is -2.24. The fourth-order valence-corrected chi connectivity index (χ4v) is 4.63. The number of nitrogens with zero attached hydrogens (tertiary/aromatic N) is 2. The van der Waals surface area contributed by atoms with Crippen LogP contribution >= 0.6 is 23.2 Å². The van der Waals surface area contributed by atoms with E-state index in [1.54, 1.807) is 43.2 Å². The van der Waals surface area contributed by atoms with E-state index in [2.05, 4.69) is 0 Å². The Morgan fingerprint density at radius 2 is 1.67 bits per heavy atom. The Morgan fingerprint density at radius 3 is 2.18 bits per heavy atom. The number of methoxy groups -OCH3 is 3. The molecule has 178 valence electrons. The lowest BCUT2D eigenvalue weighted by Crippen LogP contribution is -2.37. The first-order valence-electron chi connectivity index (χ1n) is 10.5. The Labute approximate surface area is 204 Å². The van der Waals surface area contributed by atoms with E-state index in [0.29, 0.717) is 40.9 Å². The van der Waals surface area contributed by atoms with Crippen LogP contribution in [-0.2, 0) is 4.79 Å². The highest BCUT2D eigenvalue weighted by Gasteiger charge is 2.42. The van der Waals surface area contributed by atoms with Crippen molar-refractivity contribution >= 4 is 35.0 Å². The highest BCUT2D eigenvalue weighted by Crippen LogP contribution is 2.44. The molecular weight excluding hydrogens is 467 g/mol. The number of ether oxygens (including phenoxy) is 3.